The molecule has 1 saturated carbocycles. The lowest BCUT2D eigenvalue weighted by Gasteiger charge is -2.59. The van der Waals surface area contributed by atoms with E-state index in [0.29, 0.717) is 64.0 Å². The number of ether oxygens (including phenoxy) is 2. The van der Waals surface area contributed by atoms with Crippen LogP contribution < -0.4 is 29.6 Å². The summed E-state index contributed by atoms with van der Waals surface area (Å²) in [6.07, 6.45) is 7.37. The number of H-pyrrole nitrogens is 1. The van der Waals surface area contributed by atoms with Crippen LogP contribution in [0.4, 0.5) is 21.5 Å². The van der Waals surface area contributed by atoms with Gasteiger partial charge in [0, 0.05) is 81.3 Å². The number of likely N-dealkylation sites (tertiary alicyclic amines) is 1. The van der Waals surface area contributed by atoms with Crippen LogP contribution in [0.5, 0.6) is 17.2 Å². The SMILES string of the molecule is CC(C)c1ccccc1[C@H]1CN(S(N)(=O)=O)CC[C@H]1N1CC2(CCN(c3ccc(C(=O)NS(=O)(=O)c4cc5c(c([N+](=O)[O-])c4)N[C@@H](C4CCC(C)(O)CC4)CO5)c(Oc4cnc5[nH]cc(F)c5c4)c3)CC2)C1. The van der Waals surface area contributed by atoms with Gasteiger partial charge in [-0.05, 0) is 98.4 Å². The summed E-state index contributed by atoms with van der Waals surface area (Å²) in [5, 5.41) is 31.9. The number of amides is 1. The molecule has 1 amide bonds. The standard InChI is InChI=1S/C50H60FN9O10S2/c1-30(2)35-6-4-5-7-36(35)39-26-59(72(52,67)68)17-12-42(39)58-28-50(29-58)15-18-57(19-16-50)32-8-9-37(44(20-32)70-33-21-38-40(51)25-54-47(38)53-24-33)48(61)56-71(65,66)34-22-43(60(63)64)46-45(23-34)69-27-41(55-46)31-10-13-49(3,62)14-11-31/h4-9,20-25,30-31,39,41-42,55,62H,10-19,26-29H2,1-3H3,(H,53,54)(H,56,61)(H2,52,67,68)/t31?,39-,41-,42-,49?/m1/s1. The van der Waals surface area contributed by atoms with E-state index in [1.165, 1.54) is 28.2 Å². The first-order chi connectivity index (χ1) is 34.2. The third-order valence-corrected chi connectivity index (χ3v) is 18.1. The van der Waals surface area contributed by atoms with Gasteiger partial charge in [-0.3, -0.25) is 19.8 Å². The van der Waals surface area contributed by atoms with E-state index in [2.05, 4.69) is 55.8 Å². The molecule has 6 heterocycles. The number of anilines is 2. The Hall–Kier alpha value is -5.91. The van der Waals surface area contributed by atoms with E-state index in [1.807, 2.05) is 12.1 Å². The number of halogens is 1. The highest BCUT2D eigenvalue weighted by molar-refractivity contribution is 7.90. The average Bonchev–Trinajstić information content (AvgIpc) is 3.71. The molecule has 10 rings (SSSR count). The van der Waals surface area contributed by atoms with Gasteiger partial charge in [-0.2, -0.15) is 12.7 Å². The molecule has 384 valence electrons. The van der Waals surface area contributed by atoms with Gasteiger partial charge in [-0.25, -0.2) is 27.7 Å². The highest BCUT2D eigenvalue weighted by Gasteiger charge is 2.50. The first kappa shape index (κ1) is 49.7. The number of aromatic nitrogens is 2. The number of fused-ring (bicyclic) bond motifs is 2. The Morgan fingerprint density at radius 3 is 2.47 bits per heavy atom. The summed E-state index contributed by atoms with van der Waals surface area (Å²) < 4.78 is 83.5. The zero-order valence-electron chi connectivity index (χ0n) is 40.3. The number of benzene rings is 3. The Morgan fingerprint density at radius 1 is 1.03 bits per heavy atom. The maximum atomic E-state index is 14.7. The summed E-state index contributed by atoms with van der Waals surface area (Å²) in [5.74, 6) is -1.38. The molecule has 19 nitrogen and oxygen atoms in total. The zero-order chi connectivity index (χ0) is 50.9. The summed E-state index contributed by atoms with van der Waals surface area (Å²) >= 11 is 0. The molecular formula is C50H60FN9O10S2. The van der Waals surface area contributed by atoms with Crippen molar-refractivity contribution in [1.29, 1.82) is 0 Å². The smallest absolute Gasteiger partial charge is 0.297 e. The largest absolute Gasteiger partial charge is 0.489 e. The van der Waals surface area contributed by atoms with Gasteiger partial charge >= 0.3 is 0 Å². The Labute approximate surface area is 417 Å². The highest BCUT2D eigenvalue weighted by atomic mass is 32.2. The van der Waals surface area contributed by atoms with Crippen LogP contribution in [0.1, 0.15) is 99.0 Å². The lowest BCUT2D eigenvalue weighted by molar-refractivity contribution is -0.384. The molecule has 4 aliphatic heterocycles. The number of rotatable bonds is 12. The Bertz CT molecular complexity index is 3140. The van der Waals surface area contributed by atoms with Crippen LogP contribution in [0, 0.1) is 27.3 Å². The van der Waals surface area contributed by atoms with Crippen molar-refractivity contribution >= 4 is 54.2 Å². The van der Waals surface area contributed by atoms with Gasteiger partial charge in [-0.15, -0.1) is 0 Å². The maximum Gasteiger partial charge on any atom is 0.297 e. The molecule has 4 fully saturated rings. The van der Waals surface area contributed by atoms with Crippen molar-refractivity contribution in [3.8, 4) is 17.2 Å². The van der Waals surface area contributed by atoms with Crippen molar-refractivity contribution in [1.82, 2.24) is 23.9 Å². The number of aromatic amines is 1. The second-order valence-electron chi connectivity index (χ2n) is 20.9. The van der Waals surface area contributed by atoms with Crippen LogP contribution in [0.2, 0.25) is 0 Å². The Balaban J connectivity index is 0.866. The third-order valence-electron chi connectivity index (χ3n) is 15.8. The highest BCUT2D eigenvalue weighted by Crippen LogP contribution is 2.48. The van der Waals surface area contributed by atoms with Gasteiger partial charge in [0.15, 0.2) is 11.4 Å². The summed E-state index contributed by atoms with van der Waals surface area (Å²) in [6.45, 7) is 9.90. The molecule has 22 heteroatoms. The van der Waals surface area contributed by atoms with Crippen LogP contribution in [-0.4, -0.2) is 116 Å². The minimum absolute atomic E-state index is 0.0351. The van der Waals surface area contributed by atoms with Gasteiger partial charge in [0.1, 0.15) is 29.6 Å². The van der Waals surface area contributed by atoms with E-state index in [4.69, 9.17) is 14.6 Å². The van der Waals surface area contributed by atoms with E-state index in [9.17, 15) is 41.2 Å². The van der Waals surface area contributed by atoms with Gasteiger partial charge in [0.05, 0.1) is 38.6 Å². The summed E-state index contributed by atoms with van der Waals surface area (Å²) in [4.78, 5) is 36.9. The molecule has 72 heavy (non-hydrogen) atoms. The normalized spacial score (nSPS) is 24.8. The van der Waals surface area contributed by atoms with Crippen LogP contribution in [0.25, 0.3) is 11.0 Å². The van der Waals surface area contributed by atoms with E-state index in [-0.39, 0.29) is 81.4 Å². The first-order valence-electron chi connectivity index (χ1n) is 24.5. The number of carbonyl (C=O) groups is 1. The number of sulfonamides is 1. The molecule has 5 aliphatic rings. The second-order valence-corrected chi connectivity index (χ2v) is 24.2. The quantitative estimate of drug-likeness (QED) is 0.0642. The first-order valence-corrected chi connectivity index (χ1v) is 27.5. The van der Waals surface area contributed by atoms with Crippen LogP contribution in [0.3, 0.4) is 0 Å². The summed E-state index contributed by atoms with van der Waals surface area (Å²) in [5.41, 5.74) is 1.90. The molecule has 3 aromatic carbocycles. The molecule has 0 unspecified atom stereocenters. The molecule has 5 aromatic rings. The number of pyridine rings is 1. The summed E-state index contributed by atoms with van der Waals surface area (Å²) in [7, 11) is -8.63. The van der Waals surface area contributed by atoms with Gasteiger partial charge in [-0.1, -0.05) is 38.1 Å². The van der Waals surface area contributed by atoms with Crippen molar-refractivity contribution in [2.75, 3.05) is 56.1 Å². The number of aliphatic hydroxyl groups is 1. The predicted molar refractivity (Wildman–Crippen MR) is 268 cm³/mol. The number of nitrogens with zero attached hydrogens (tertiary/aromatic N) is 5. The van der Waals surface area contributed by atoms with Crippen LogP contribution >= 0.6 is 0 Å². The number of hydrogen-bond acceptors (Lipinski definition) is 14. The lowest BCUT2D eigenvalue weighted by Crippen LogP contribution is -2.66. The molecule has 1 aliphatic carbocycles. The van der Waals surface area contributed by atoms with E-state index < -0.39 is 53.1 Å². The number of hydrogen-bond donors (Lipinski definition) is 5. The van der Waals surface area contributed by atoms with E-state index in [1.54, 1.807) is 19.1 Å². The van der Waals surface area contributed by atoms with Crippen LogP contribution in [-0.2, 0) is 20.2 Å². The molecule has 1 spiro atoms. The van der Waals surface area contributed by atoms with Gasteiger partial charge in [0.25, 0.3) is 31.8 Å². The molecule has 0 radical (unpaired) electrons. The zero-order valence-corrected chi connectivity index (χ0v) is 42.0. The third kappa shape index (κ3) is 9.83. The minimum atomic E-state index is -4.76. The minimum Gasteiger partial charge on any atom is -0.489 e. The molecule has 3 atom stereocenters. The van der Waals surface area contributed by atoms with Crippen molar-refractivity contribution in [3.05, 3.63) is 106 Å². The fourth-order valence-corrected chi connectivity index (χ4v) is 13.4. The van der Waals surface area contributed by atoms with E-state index >= 15 is 0 Å². The predicted octanol–water partition coefficient (Wildman–Crippen LogP) is 6.72. The van der Waals surface area contributed by atoms with Crippen molar-refractivity contribution in [3.63, 3.8) is 0 Å². The number of nitrogens with one attached hydrogen (secondary N) is 3. The number of piperidine rings is 2. The van der Waals surface area contributed by atoms with Gasteiger partial charge in [0.2, 0.25) is 0 Å². The van der Waals surface area contributed by atoms with Gasteiger partial charge < -0.3 is 29.8 Å². The van der Waals surface area contributed by atoms with Crippen molar-refractivity contribution in [2.24, 2.45) is 16.5 Å². The Kier molecular flexibility index (Phi) is 13.0. The topological polar surface area (TPSA) is 256 Å². The average molecular weight is 1030 g/mol. The molecule has 6 N–H and O–H groups in total. The molecular weight excluding hydrogens is 970 g/mol. The number of nitro groups is 1. The van der Waals surface area contributed by atoms with E-state index in [0.717, 1.165) is 49.8 Å². The maximum absolute atomic E-state index is 14.7. The molecule has 2 aromatic heterocycles. The monoisotopic (exact) mass is 1030 g/mol. The fourth-order valence-electron chi connectivity index (χ4n) is 11.7. The molecule has 0 bridgehead atoms. The van der Waals surface area contributed by atoms with Crippen molar-refractivity contribution in [2.45, 2.75) is 100 Å². The number of nitro benzene ring substituents is 1. The Morgan fingerprint density at radius 2 is 1.76 bits per heavy atom. The van der Waals surface area contributed by atoms with Crippen molar-refractivity contribution < 1.29 is 45.5 Å². The number of nitrogens with two attached hydrogens (primary N) is 1. The van der Waals surface area contributed by atoms with Crippen LogP contribution in [0.15, 0.2) is 78.0 Å². The fraction of sp³-hybridized carbons (Fsp3) is 0.480. The number of carbonyl (C=O) groups excluding carboxylic acids is 1. The lowest BCUT2D eigenvalue weighted by atomic mass is 9.69. The second kappa shape index (κ2) is 18.9. The molecule has 3 saturated heterocycles. The summed E-state index contributed by atoms with van der Waals surface area (Å²) in [6, 6.07) is 16.3.